The number of nitrogens with two attached hydrogens (primary N) is 2. The van der Waals surface area contributed by atoms with Gasteiger partial charge in [-0.25, -0.2) is 0 Å². The van der Waals surface area contributed by atoms with Gasteiger partial charge >= 0.3 is 11.9 Å². The number of aliphatic hydroxyl groups excluding tert-OH is 1. The Morgan fingerprint density at radius 3 is 1.55 bits per heavy atom. The third-order valence-electron chi connectivity index (χ3n) is 11.4. The molecule has 3 saturated heterocycles. The zero-order valence-electron chi connectivity index (χ0n) is 36.7. The molecule has 0 bridgehead atoms. The fourth-order valence-corrected chi connectivity index (χ4v) is 8.91. The molecule has 9 amide bonds. The molecule has 3 aliphatic heterocycles. The van der Waals surface area contributed by atoms with Gasteiger partial charge in [0, 0.05) is 37.6 Å². The molecule has 3 aliphatic rings. The van der Waals surface area contributed by atoms with Crippen LogP contribution in [0, 0.1) is 0 Å². The second-order valence-electron chi connectivity index (χ2n) is 16.2. The van der Waals surface area contributed by atoms with Crippen molar-refractivity contribution in [2.24, 2.45) is 11.5 Å². The molecule has 370 valence electrons. The standard InChI is InChI=1S/C39H62N10O14S3/c1-19(50)30(36(60)45-24(18-65)39(63)49-14-5-8-27(49)35(59)44-23(17-64)38(62)47-12-3-6-25(47)31(41)55)46-33(57)21(9-10-28(51)52)42-34(58)26-7-4-13-48(26)37(61)22(16-29(53)54)43-32(56)20(40)11-15-66-2/h19-27,30,50,64-65H,3-18,40H2,1-2H3,(H2,41,55)(H,42,58)(H,43,56)(H,44,59)(H,45,60)(H,46,57)(H,51,52)(H,53,54)/t19-,20+,21+,22+,23+,24+,25+,26+,27+,30+/m1/s1. The summed E-state index contributed by atoms with van der Waals surface area (Å²) in [6.07, 6.45) is 0.198. The molecule has 0 saturated carbocycles. The Morgan fingerprint density at radius 2 is 1.09 bits per heavy atom. The van der Waals surface area contributed by atoms with Gasteiger partial charge in [-0.15, -0.1) is 0 Å². The van der Waals surface area contributed by atoms with Gasteiger partial charge in [0.25, 0.3) is 0 Å². The van der Waals surface area contributed by atoms with Crippen LogP contribution >= 0.6 is 37.0 Å². The van der Waals surface area contributed by atoms with Crippen LogP contribution in [0.4, 0.5) is 0 Å². The molecule has 0 aromatic heterocycles. The number of carbonyl (C=O) groups is 11. The second kappa shape index (κ2) is 26.5. The van der Waals surface area contributed by atoms with Gasteiger partial charge in [0.15, 0.2) is 0 Å². The van der Waals surface area contributed by atoms with Gasteiger partial charge in [-0.3, -0.25) is 52.7 Å². The van der Waals surface area contributed by atoms with Crippen molar-refractivity contribution in [3.05, 3.63) is 0 Å². The molecule has 0 aliphatic carbocycles. The maximum Gasteiger partial charge on any atom is 0.305 e. The van der Waals surface area contributed by atoms with Gasteiger partial charge in [0.05, 0.1) is 18.6 Å². The van der Waals surface area contributed by atoms with E-state index in [0.29, 0.717) is 25.0 Å². The number of aliphatic carboxylic acids is 2. The average molecular weight is 991 g/mol. The molecule has 0 radical (unpaired) electrons. The van der Waals surface area contributed by atoms with Gasteiger partial charge in [0.2, 0.25) is 53.2 Å². The van der Waals surface area contributed by atoms with Crippen LogP contribution < -0.4 is 38.1 Å². The summed E-state index contributed by atoms with van der Waals surface area (Å²) in [5.41, 5.74) is 11.4. The number of likely N-dealkylation sites (tertiary alicyclic amines) is 3. The molecule has 3 rings (SSSR count). The molecule has 0 unspecified atom stereocenters. The van der Waals surface area contributed by atoms with E-state index in [4.69, 9.17) is 11.5 Å². The minimum absolute atomic E-state index is 0.0288. The first-order valence-corrected chi connectivity index (χ1v) is 24.1. The maximum absolute atomic E-state index is 13.9. The molecule has 0 aromatic carbocycles. The Kier molecular flexibility index (Phi) is 22.2. The van der Waals surface area contributed by atoms with E-state index in [1.54, 1.807) is 6.26 Å². The Bertz CT molecular complexity index is 1830. The predicted octanol–water partition coefficient (Wildman–Crippen LogP) is -4.47. The minimum atomic E-state index is -1.79. The SMILES string of the molecule is CSCC[C@H](N)C(=O)N[C@@H](CC(=O)O)C(=O)N1CCC[C@H]1C(=O)N[C@@H](CCC(=O)O)C(=O)N[C@H](C(=O)N[C@@H](CS)C(=O)N1CCC[C@H]1C(=O)N[C@@H](CS)C(=O)N1CCC[C@H]1C(N)=O)[C@@H](C)O. The van der Waals surface area contributed by atoms with Crippen LogP contribution in [0.15, 0.2) is 0 Å². The summed E-state index contributed by atoms with van der Waals surface area (Å²) in [4.78, 5) is 147. The quantitative estimate of drug-likeness (QED) is 0.0384. The van der Waals surface area contributed by atoms with Gasteiger partial charge in [0.1, 0.15) is 48.3 Å². The fourth-order valence-electron chi connectivity index (χ4n) is 7.93. The van der Waals surface area contributed by atoms with Crippen molar-refractivity contribution in [2.45, 2.75) is 132 Å². The molecular formula is C39H62N10O14S3. The molecule has 3 heterocycles. The summed E-state index contributed by atoms with van der Waals surface area (Å²) in [5.74, 6) is -10.2. The first-order valence-electron chi connectivity index (χ1n) is 21.5. The number of amides is 9. The van der Waals surface area contributed by atoms with E-state index >= 15 is 0 Å². The number of carboxylic acids is 2. The zero-order valence-corrected chi connectivity index (χ0v) is 39.3. The monoisotopic (exact) mass is 990 g/mol. The van der Waals surface area contributed by atoms with Gasteiger partial charge in [-0.05, 0) is 70.3 Å². The highest BCUT2D eigenvalue weighted by atomic mass is 32.2. The third kappa shape index (κ3) is 15.3. The lowest BCUT2D eigenvalue weighted by Crippen LogP contribution is -2.62. The topological polar surface area (TPSA) is 370 Å². The van der Waals surface area contributed by atoms with Crippen molar-refractivity contribution in [3.8, 4) is 0 Å². The number of primary amides is 1. The Balaban J connectivity index is 1.73. The van der Waals surface area contributed by atoms with Crippen molar-refractivity contribution < 1.29 is 68.1 Å². The second-order valence-corrected chi connectivity index (χ2v) is 17.9. The molecule has 24 nitrogen and oxygen atoms in total. The number of aliphatic hydroxyl groups is 1. The largest absolute Gasteiger partial charge is 0.481 e. The highest BCUT2D eigenvalue weighted by molar-refractivity contribution is 7.98. The number of carboxylic acid groups (broad SMARTS) is 2. The lowest BCUT2D eigenvalue weighted by atomic mass is 10.1. The molecule has 12 N–H and O–H groups in total. The van der Waals surface area contributed by atoms with Gasteiger partial charge in [-0.2, -0.15) is 37.0 Å². The van der Waals surface area contributed by atoms with Crippen LogP contribution in [0.25, 0.3) is 0 Å². The highest BCUT2D eigenvalue weighted by Gasteiger charge is 2.43. The molecule has 10 atom stereocenters. The van der Waals surface area contributed by atoms with E-state index < -0.39 is 145 Å². The number of carbonyl (C=O) groups excluding carboxylic acids is 9. The highest BCUT2D eigenvalue weighted by Crippen LogP contribution is 2.23. The Labute approximate surface area is 396 Å². The summed E-state index contributed by atoms with van der Waals surface area (Å²) in [7, 11) is 0. The summed E-state index contributed by atoms with van der Waals surface area (Å²) in [6.45, 7) is 1.45. The lowest BCUT2D eigenvalue weighted by molar-refractivity contribution is -0.146. The van der Waals surface area contributed by atoms with Gasteiger partial charge in [-0.1, -0.05) is 0 Å². The molecule has 0 spiro atoms. The number of nitrogens with one attached hydrogen (secondary N) is 5. The molecule has 27 heteroatoms. The van der Waals surface area contributed by atoms with Crippen LogP contribution in [0.3, 0.4) is 0 Å². The lowest BCUT2D eigenvalue weighted by Gasteiger charge is -2.32. The fraction of sp³-hybridized carbons (Fsp3) is 0.718. The number of thioether (sulfide) groups is 1. The molecule has 66 heavy (non-hydrogen) atoms. The number of nitrogens with zero attached hydrogens (tertiary/aromatic N) is 3. The van der Waals surface area contributed by atoms with Crippen LogP contribution in [0.5, 0.6) is 0 Å². The van der Waals surface area contributed by atoms with E-state index in [1.165, 1.54) is 21.6 Å². The Morgan fingerprint density at radius 1 is 0.636 bits per heavy atom. The van der Waals surface area contributed by atoms with Crippen molar-refractivity contribution >= 4 is 102 Å². The van der Waals surface area contributed by atoms with Crippen molar-refractivity contribution in [1.29, 1.82) is 0 Å². The first-order chi connectivity index (χ1) is 31.2. The molecular weight excluding hydrogens is 929 g/mol. The first kappa shape index (κ1) is 55.5. The Hall–Kier alpha value is -4.86. The smallest absolute Gasteiger partial charge is 0.305 e. The van der Waals surface area contributed by atoms with Crippen molar-refractivity contribution in [1.82, 2.24) is 41.3 Å². The van der Waals surface area contributed by atoms with E-state index in [1.807, 2.05) is 0 Å². The number of hydrogen-bond donors (Lipinski definition) is 12. The number of hydrogen-bond acceptors (Lipinski definition) is 16. The minimum Gasteiger partial charge on any atom is -0.481 e. The third-order valence-corrected chi connectivity index (χ3v) is 12.8. The summed E-state index contributed by atoms with van der Waals surface area (Å²) < 4.78 is 0. The van der Waals surface area contributed by atoms with Gasteiger partial charge < -0.3 is 68.1 Å². The van der Waals surface area contributed by atoms with E-state index in [2.05, 4.69) is 51.8 Å². The summed E-state index contributed by atoms with van der Waals surface area (Å²) in [6, 6.07) is -11.8. The van der Waals surface area contributed by atoms with Crippen molar-refractivity contribution in [3.63, 3.8) is 0 Å². The summed E-state index contributed by atoms with van der Waals surface area (Å²) >= 11 is 9.85. The number of rotatable bonds is 25. The summed E-state index contributed by atoms with van der Waals surface area (Å²) in [5, 5.41) is 41.7. The van der Waals surface area contributed by atoms with E-state index in [9.17, 15) is 68.1 Å². The van der Waals surface area contributed by atoms with Crippen LogP contribution in [0.2, 0.25) is 0 Å². The number of thiol groups is 2. The predicted molar refractivity (Wildman–Crippen MR) is 243 cm³/mol. The van der Waals surface area contributed by atoms with E-state index in [0.717, 1.165) is 11.8 Å². The normalized spacial score (nSPS) is 21.3. The average Bonchev–Trinajstić information content (AvgIpc) is 4.07. The zero-order chi connectivity index (χ0) is 49.4. The molecule has 0 aromatic rings. The van der Waals surface area contributed by atoms with Crippen LogP contribution in [-0.4, -0.2) is 199 Å². The van der Waals surface area contributed by atoms with Crippen LogP contribution in [0.1, 0.15) is 71.1 Å². The van der Waals surface area contributed by atoms with Crippen LogP contribution in [-0.2, 0) is 52.7 Å². The van der Waals surface area contributed by atoms with E-state index in [-0.39, 0.29) is 56.8 Å². The molecule has 3 fully saturated rings. The maximum atomic E-state index is 13.9. The van der Waals surface area contributed by atoms with Crippen molar-refractivity contribution in [2.75, 3.05) is 43.1 Å².